The first-order valence-corrected chi connectivity index (χ1v) is 13.3. The molecule has 4 aromatic rings. The summed E-state index contributed by atoms with van der Waals surface area (Å²) in [5.74, 6) is 0.190. The van der Waals surface area contributed by atoms with Gasteiger partial charge in [-0.3, -0.25) is 4.79 Å². The normalized spacial score (nSPS) is 11.9. The molecule has 1 heterocycles. The number of carboxylic acids is 1. The van der Waals surface area contributed by atoms with Crippen LogP contribution in [-0.2, 0) is 30.7 Å². The number of carboxylic acid groups (broad SMARTS) is 1. The number of unbranched alkanes of at least 4 members (excludes halogenated alkanes) is 1. The lowest BCUT2D eigenvalue weighted by Gasteiger charge is -2.17. The van der Waals surface area contributed by atoms with Gasteiger partial charge in [-0.2, -0.15) is 12.6 Å². The minimum Gasteiger partial charge on any atom is -0.478 e. The fourth-order valence-electron chi connectivity index (χ4n) is 4.56. The van der Waals surface area contributed by atoms with E-state index in [1.807, 2.05) is 36.5 Å². The van der Waals surface area contributed by atoms with Crippen molar-refractivity contribution >= 4 is 35.3 Å². The standard InChI is InChI=1S/C30H33N3O3S/c1-2-3-11-28-31-17-26(33(28)19-21-12-14-23(15-13-21)30(35)36)18-32-29(34)25(20-37)16-24-9-6-8-22-7-4-5-10-27(22)24/h4-10,12-15,17,25,37H,2-3,11,16,18-20H2,1H3,(H,32,34)(H,35,36). The monoisotopic (exact) mass is 515 g/mol. The number of aromatic carboxylic acids is 1. The van der Waals surface area contributed by atoms with Gasteiger partial charge < -0.3 is 15.0 Å². The van der Waals surface area contributed by atoms with Gasteiger partial charge in [-0.1, -0.05) is 67.9 Å². The molecule has 1 aromatic heterocycles. The highest BCUT2D eigenvalue weighted by atomic mass is 32.1. The van der Waals surface area contributed by atoms with Gasteiger partial charge in [-0.25, -0.2) is 9.78 Å². The zero-order valence-electron chi connectivity index (χ0n) is 21.1. The first-order valence-electron chi connectivity index (χ1n) is 12.7. The van der Waals surface area contributed by atoms with E-state index in [1.54, 1.807) is 12.1 Å². The number of aromatic nitrogens is 2. The number of carbonyl (C=O) groups excluding carboxylic acids is 1. The zero-order valence-corrected chi connectivity index (χ0v) is 22.0. The molecular weight excluding hydrogens is 482 g/mol. The summed E-state index contributed by atoms with van der Waals surface area (Å²) in [4.78, 5) is 29.0. The van der Waals surface area contributed by atoms with Crippen LogP contribution in [0.4, 0.5) is 0 Å². The Hall–Kier alpha value is -3.58. The lowest BCUT2D eigenvalue weighted by Crippen LogP contribution is -2.33. The number of hydrogen-bond acceptors (Lipinski definition) is 4. The first-order chi connectivity index (χ1) is 18.0. The van der Waals surface area contributed by atoms with Crippen LogP contribution in [0.3, 0.4) is 0 Å². The topological polar surface area (TPSA) is 84.2 Å². The SMILES string of the molecule is CCCCc1ncc(CNC(=O)C(CS)Cc2cccc3ccccc23)n1Cc1ccc(C(=O)O)cc1. The molecule has 192 valence electrons. The molecule has 0 fully saturated rings. The van der Waals surface area contributed by atoms with Gasteiger partial charge in [-0.05, 0) is 46.9 Å². The van der Waals surface area contributed by atoms with E-state index in [0.29, 0.717) is 25.3 Å². The number of thiol groups is 1. The molecule has 1 amide bonds. The minimum absolute atomic E-state index is 0.0309. The molecule has 37 heavy (non-hydrogen) atoms. The molecule has 0 aliphatic rings. The summed E-state index contributed by atoms with van der Waals surface area (Å²) < 4.78 is 2.13. The summed E-state index contributed by atoms with van der Waals surface area (Å²) in [7, 11) is 0. The van der Waals surface area contributed by atoms with Crippen LogP contribution in [0, 0.1) is 5.92 Å². The maximum absolute atomic E-state index is 13.2. The average molecular weight is 516 g/mol. The van der Waals surface area contributed by atoms with Gasteiger partial charge in [0.2, 0.25) is 5.91 Å². The third kappa shape index (κ3) is 6.60. The summed E-state index contributed by atoms with van der Waals surface area (Å²) in [6.07, 6.45) is 5.38. The molecule has 1 atom stereocenters. The lowest BCUT2D eigenvalue weighted by molar-refractivity contribution is -0.124. The minimum atomic E-state index is -0.941. The second-order valence-corrected chi connectivity index (χ2v) is 9.66. The Labute approximate surface area is 223 Å². The summed E-state index contributed by atoms with van der Waals surface area (Å²) in [6, 6.07) is 21.3. The molecule has 3 aromatic carbocycles. The average Bonchev–Trinajstić information content (AvgIpc) is 3.30. The van der Waals surface area contributed by atoms with Crippen molar-refractivity contribution in [2.24, 2.45) is 5.92 Å². The van der Waals surface area contributed by atoms with E-state index in [0.717, 1.165) is 47.3 Å². The number of nitrogens with zero attached hydrogens (tertiary/aromatic N) is 2. The Kier molecular flexibility index (Phi) is 9.01. The maximum Gasteiger partial charge on any atom is 0.335 e. The molecular formula is C30H33N3O3S. The van der Waals surface area contributed by atoms with Crippen molar-refractivity contribution in [2.45, 2.75) is 45.7 Å². The van der Waals surface area contributed by atoms with Gasteiger partial charge in [0.15, 0.2) is 0 Å². The molecule has 0 saturated heterocycles. The third-order valence-corrected chi connectivity index (χ3v) is 7.14. The highest BCUT2D eigenvalue weighted by molar-refractivity contribution is 7.80. The van der Waals surface area contributed by atoms with Gasteiger partial charge in [0, 0.05) is 18.7 Å². The number of imidazole rings is 1. The van der Waals surface area contributed by atoms with Gasteiger partial charge in [0.25, 0.3) is 0 Å². The van der Waals surface area contributed by atoms with Crippen LogP contribution in [0.25, 0.3) is 10.8 Å². The van der Waals surface area contributed by atoms with Gasteiger partial charge >= 0.3 is 5.97 Å². The highest BCUT2D eigenvalue weighted by Crippen LogP contribution is 2.22. The van der Waals surface area contributed by atoms with E-state index in [2.05, 4.69) is 58.7 Å². The molecule has 0 saturated carbocycles. The van der Waals surface area contributed by atoms with Crippen LogP contribution < -0.4 is 5.32 Å². The van der Waals surface area contributed by atoms with Gasteiger partial charge in [0.1, 0.15) is 5.82 Å². The van der Waals surface area contributed by atoms with E-state index >= 15 is 0 Å². The Morgan fingerprint density at radius 1 is 1.05 bits per heavy atom. The van der Waals surface area contributed by atoms with Crippen LogP contribution in [0.15, 0.2) is 72.9 Å². The summed E-state index contributed by atoms with van der Waals surface area (Å²) >= 11 is 4.49. The Bertz CT molecular complexity index is 1360. The van der Waals surface area contributed by atoms with Crippen LogP contribution in [0.2, 0.25) is 0 Å². The van der Waals surface area contributed by atoms with Gasteiger partial charge in [-0.15, -0.1) is 0 Å². The molecule has 0 aliphatic heterocycles. The second kappa shape index (κ2) is 12.6. The second-order valence-electron chi connectivity index (χ2n) is 9.30. The van der Waals surface area contributed by atoms with E-state index in [1.165, 1.54) is 5.39 Å². The van der Waals surface area contributed by atoms with Gasteiger partial charge in [0.05, 0.1) is 29.9 Å². The molecule has 2 N–H and O–H groups in total. The van der Waals surface area contributed by atoms with Crippen molar-refractivity contribution in [1.82, 2.24) is 14.9 Å². The molecule has 0 aliphatic carbocycles. The number of benzene rings is 3. The molecule has 6 nitrogen and oxygen atoms in total. The van der Waals surface area contributed by atoms with E-state index in [4.69, 9.17) is 0 Å². The zero-order chi connectivity index (χ0) is 26.2. The van der Waals surface area contributed by atoms with Crippen molar-refractivity contribution in [3.63, 3.8) is 0 Å². The van der Waals surface area contributed by atoms with Crippen molar-refractivity contribution in [2.75, 3.05) is 5.75 Å². The number of amides is 1. The third-order valence-electron chi connectivity index (χ3n) is 6.70. The van der Waals surface area contributed by atoms with Crippen LogP contribution in [-0.4, -0.2) is 32.3 Å². The first kappa shape index (κ1) is 26.5. The maximum atomic E-state index is 13.2. The fraction of sp³-hybridized carbons (Fsp3) is 0.300. The lowest BCUT2D eigenvalue weighted by atomic mass is 9.95. The molecule has 0 radical (unpaired) electrons. The van der Waals surface area contributed by atoms with Crippen molar-refractivity contribution in [3.8, 4) is 0 Å². The summed E-state index contributed by atoms with van der Waals surface area (Å²) in [5, 5.41) is 14.6. The number of aryl methyl sites for hydroxylation is 1. The van der Waals surface area contributed by atoms with Crippen molar-refractivity contribution < 1.29 is 14.7 Å². The Balaban J connectivity index is 1.48. The largest absolute Gasteiger partial charge is 0.478 e. The number of nitrogens with one attached hydrogen (secondary N) is 1. The molecule has 7 heteroatoms. The predicted octanol–water partition coefficient (Wildman–Crippen LogP) is 5.53. The molecule has 0 spiro atoms. The molecule has 0 bridgehead atoms. The van der Waals surface area contributed by atoms with Crippen LogP contribution >= 0.6 is 12.6 Å². The number of fused-ring (bicyclic) bond motifs is 1. The fourth-order valence-corrected chi connectivity index (χ4v) is 4.85. The Morgan fingerprint density at radius 2 is 1.81 bits per heavy atom. The van der Waals surface area contributed by atoms with E-state index in [-0.39, 0.29) is 17.4 Å². The predicted molar refractivity (Wildman–Crippen MR) is 150 cm³/mol. The van der Waals surface area contributed by atoms with Crippen molar-refractivity contribution in [3.05, 3.63) is 101 Å². The van der Waals surface area contributed by atoms with E-state index in [9.17, 15) is 14.7 Å². The number of hydrogen-bond donors (Lipinski definition) is 3. The quantitative estimate of drug-likeness (QED) is 0.217. The van der Waals surface area contributed by atoms with Crippen LogP contribution in [0.1, 0.15) is 52.8 Å². The smallest absolute Gasteiger partial charge is 0.335 e. The number of rotatable bonds is 12. The molecule has 4 rings (SSSR count). The highest BCUT2D eigenvalue weighted by Gasteiger charge is 2.20. The summed E-state index contributed by atoms with van der Waals surface area (Å²) in [6.45, 7) is 3.08. The van der Waals surface area contributed by atoms with Crippen LogP contribution in [0.5, 0.6) is 0 Å². The van der Waals surface area contributed by atoms with E-state index < -0.39 is 5.97 Å². The number of carbonyl (C=O) groups is 2. The summed E-state index contributed by atoms with van der Waals surface area (Å²) in [5.41, 5.74) is 3.31. The Morgan fingerprint density at radius 3 is 2.54 bits per heavy atom. The molecule has 1 unspecified atom stereocenters. The van der Waals surface area contributed by atoms with Crippen molar-refractivity contribution in [1.29, 1.82) is 0 Å².